The zero-order valence-corrected chi connectivity index (χ0v) is 12.7. The molecular formula is C13H11BrClFN2O. The minimum absolute atomic E-state index is 0.336. The molecule has 0 aliphatic rings. The van der Waals surface area contributed by atoms with Crippen molar-refractivity contribution in [2.45, 2.75) is 20.3 Å². The van der Waals surface area contributed by atoms with Crippen LogP contribution < -0.4 is 4.74 Å². The highest BCUT2D eigenvalue weighted by molar-refractivity contribution is 9.10. The van der Waals surface area contributed by atoms with Crippen LogP contribution in [-0.4, -0.2) is 9.97 Å². The second-order valence-electron chi connectivity index (χ2n) is 3.89. The monoisotopic (exact) mass is 344 g/mol. The Hall–Kier alpha value is -1.20. The van der Waals surface area contributed by atoms with Gasteiger partial charge in [0.05, 0.1) is 4.47 Å². The number of hydrogen-bond acceptors (Lipinski definition) is 3. The van der Waals surface area contributed by atoms with E-state index in [0.717, 1.165) is 0 Å². The predicted octanol–water partition coefficient (Wildman–Crippen LogP) is 4.69. The zero-order chi connectivity index (χ0) is 14.0. The van der Waals surface area contributed by atoms with Crippen LogP contribution in [0.15, 0.2) is 22.7 Å². The molecule has 0 amide bonds. The molecule has 100 valence electrons. The molecule has 2 rings (SSSR count). The maximum absolute atomic E-state index is 13.2. The van der Waals surface area contributed by atoms with E-state index in [0.29, 0.717) is 39.1 Å². The maximum Gasteiger partial charge on any atom is 0.227 e. The highest BCUT2D eigenvalue weighted by atomic mass is 79.9. The minimum Gasteiger partial charge on any atom is -0.437 e. The first kappa shape index (κ1) is 14.2. The Labute approximate surface area is 123 Å². The lowest BCUT2D eigenvalue weighted by atomic mass is 10.3. The molecule has 3 nitrogen and oxygen atoms in total. The van der Waals surface area contributed by atoms with Crippen LogP contribution in [0.3, 0.4) is 0 Å². The Morgan fingerprint density at radius 2 is 2.11 bits per heavy atom. The van der Waals surface area contributed by atoms with E-state index < -0.39 is 0 Å². The zero-order valence-electron chi connectivity index (χ0n) is 10.4. The molecule has 0 saturated carbocycles. The van der Waals surface area contributed by atoms with Crippen LogP contribution in [-0.2, 0) is 6.42 Å². The third-order valence-corrected chi connectivity index (χ3v) is 3.53. The Bertz CT molecular complexity index is 622. The molecule has 0 radical (unpaired) electrons. The molecule has 19 heavy (non-hydrogen) atoms. The first-order valence-electron chi connectivity index (χ1n) is 5.67. The van der Waals surface area contributed by atoms with E-state index in [1.165, 1.54) is 12.1 Å². The third-order valence-electron chi connectivity index (χ3n) is 2.50. The number of nitrogens with zero attached hydrogens (tertiary/aromatic N) is 2. The van der Waals surface area contributed by atoms with Crippen LogP contribution in [0.1, 0.15) is 18.3 Å². The SMILES string of the molecule is CCc1nc(Cl)c(C)c(Oc2cc(F)ccc2Br)n1. The van der Waals surface area contributed by atoms with Crippen molar-refractivity contribution in [2.75, 3.05) is 0 Å². The van der Waals surface area contributed by atoms with Crippen molar-refractivity contribution in [2.24, 2.45) is 0 Å². The number of ether oxygens (including phenoxy) is 1. The summed E-state index contributed by atoms with van der Waals surface area (Å²) in [6, 6.07) is 4.20. The van der Waals surface area contributed by atoms with Crippen molar-refractivity contribution < 1.29 is 9.13 Å². The number of benzene rings is 1. The second kappa shape index (κ2) is 5.84. The van der Waals surface area contributed by atoms with Crippen LogP contribution in [0, 0.1) is 12.7 Å². The Balaban J connectivity index is 2.42. The Morgan fingerprint density at radius 3 is 2.79 bits per heavy atom. The normalized spacial score (nSPS) is 10.6. The average Bonchev–Trinajstić information content (AvgIpc) is 2.38. The van der Waals surface area contributed by atoms with Crippen LogP contribution in [0.2, 0.25) is 5.15 Å². The van der Waals surface area contributed by atoms with E-state index >= 15 is 0 Å². The standard InChI is InChI=1S/C13H11BrClFN2O/c1-3-11-17-12(15)7(2)13(18-11)19-10-6-8(16)4-5-9(10)14/h4-6H,3H2,1-2H3. The number of hydrogen-bond donors (Lipinski definition) is 0. The summed E-state index contributed by atoms with van der Waals surface area (Å²) < 4.78 is 19.5. The summed E-state index contributed by atoms with van der Waals surface area (Å²) in [5.74, 6) is 0.882. The van der Waals surface area contributed by atoms with Gasteiger partial charge in [0, 0.05) is 18.1 Å². The maximum atomic E-state index is 13.2. The van der Waals surface area contributed by atoms with Crippen molar-refractivity contribution in [3.05, 3.63) is 45.0 Å². The molecule has 1 aromatic heterocycles. The summed E-state index contributed by atoms with van der Waals surface area (Å²) in [5.41, 5.74) is 0.620. The first-order valence-corrected chi connectivity index (χ1v) is 6.84. The number of aromatic nitrogens is 2. The van der Waals surface area contributed by atoms with Gasteiger partial charge < -0.3 is 4.74 Å². The topological polar surface area (TPSA) is 35.0 Å². The van der Waals surface area contributed by atoms with Crippen molar-refractivity contribution in [3.63, 3.8) is 0 Å². The molecule has 0 N–H and O–H groups in total. The van der Waals surface area contributed by atoms with E-state index in [-0.39, 0.29) is 5.82 Å². The first-order chi connectivity index (χ1) is 9.01. The molecule has 0 aliphatic carbocycles. The van der Waals surface area contributed by atoms with Crippen molar-refractivity contribution in [3.8, 4) is 11.6 Å². The fraction of sp³-hybridized carbons (Fsp3) is 0.231. The fourth-order valence-corrected chi connectivity index (χ4v) is 1.93. The molecule has 1 heterocycles. The predicted molar refractivity (Wildman–Crippen MR) is 75.3 cm³/mol. The molecule has 0 bridgehead atoms. The Morgan fingerprint density at radius 1 is 1.37 bits per heavy atom. The molecule has 0 saturated heterocycles. The summed E-state index contributed by atoms with van der Waals surface area (Å²) in [4.78, 5) is 8.38. The van der Waals surface area contributed by atoms with Gasteiger partial charge in [-0.1, -0.05) is 18.5 Å². The number of aryl methyl sites for hydroxylation is 1. The van der Waals surface area contributed by atoms with Crippen molar-refractivity contribution >= 4 is 27.5 Å². The van der Waals surface area contributed by atoms with E-state index in [2.05, 4.69) is 25.9 Å². The van der Waals surface area contributed by atoms with Gasteiger partial charge in [-0.2, -0.15) is 4.98 Å². The average molecular weight is 346 g/mol. The van der Waals surface area contributed by atoms with Gasteiger partial charge in [-0.05, 0) is 35.0 Å². The largest absolute Gasteiger partial charge is 0.437 e. The second-order valence-corrected chi connectivity index (χ2v) is 5.10. The summed E-state index contributed by atoms with van der Waals surface area (Å²) in [7, 11) is 0. The van der Waals surface area contributed by atoms with Crippen LogP contribution in [0.25, 0.3) is 0 Å². The molecule has 1 aromatic carbocycles. The Kier molecular flexibility index (Phi) is 4.37. The summed E-state index contributed by atoms with van der Waals surface area (Å²) in [5, 5.41) is 0.342. The molecule has 0 fully saturated rings. The lowest BCUT2D eigenvalue weighted by Crippen LogP contribution is -2.00. The van der Waals surface area contributed by atoms with Crippen LogP contribution >= 0.6 is 27.5 Å². The van der Waals surface area contributed by atoms with Gasteiger partial charge in [-0.3, -0.25) is 0 Å². The molecule has 6 heteroatoms. The number of halogens is 3. The lowest BCUT2D eigenvalue weighted by molar-refractivity contribution is 0.447. The van der Waals surface area contributed by atoms with Crippen LogP contribution in [0.4, 0.5) is 4.39 Å². The molecule has 2 aromatic rings. The van der Waals surface area contributed by atoms with Gasteiger partial charge in [0.2, 0.25) is 5.88 Å². The smallest absolute Gasteiger partial charge is 0.227 e. The summed E-state index contributed by atoms with van der Waals surface area (Å²) in [6.45, 7) is 3.67. The number of rotatable bonds is 3. The molecule has 0 unspecified atom stereocenters. The summed E-state index contributed by atoms with van der Waals surface area (Å²) in [6.07, 6.45) is 0.640. The highest BCUT2D eigenvalue weighted by Crippen LogP contribution is 2.32. The quantitative estimate of drug-likeness (QED) is 0.757. The highest BCUT2D eigenvalue weighted by Gasteiger charge is 2.12. The van der Waals surface area contributed by atoms with E-state index in [9.17, 15) is 4.39 Å². The third kappa shape index (κ3) is 3.22. The van der Waals surface area contributed by atoms with Gasteiger partial charge in [-0.15, -0.1) is 0 Å². The molecule has 0 atom stereocenters. The van der Waals surface area contributed by atoms with Gasteiger partial charge >= 0.3 is 0 Å². The molecular weight excluding hydrogens is 335 g/mol. The fourth-order valence-electron chi connectivity index (χ4n) is 1.43. The van der Waals surface area contributed by atoms with Crippen LogP contribution in [0.5, 0.6) is 11.6 Å². The van der Waals surface area contributed by atoms with Gasteiger partial charge in [0.25, 0.3) is 0 Å². The van der Waals surface area contributed by atoms with Crippen molar-refractivity contribution in [1.29, 1.82) is 0 Å². The minimum atomic E-state index is -0.383. The van der Waals surface area contributed by atoms with Gasteiger partial charge in [0.15, 0.2) is 0 Å². The van der Waals surface area contributed by atoms with E-state index in [4.69, 9.17) is 16.3 Å². The lowest BCUT2D eigenvalue weighted by Gasteiger charge is -2.11. The van der Waals surface area contributed by atoms with Gasteiger partial charge in [0.1, 0.15) is 22.5 Å². The van der Waals surface area contributed by atoms with Crippen molar-refractivity contribution in [1.82, 2.24) is 9.97 Å². The van der Waals surface area contributed by atoms with E-state index in [1.807, 2.05) is 6.92 Å². The summed E-state index contributed by atoms with van der Waals surface area (Å²) >= 11 is 9.32. The van der Waals surface area contributed by atoms with E-state index in [1.54, 1.807) is 13.0 Å². The molecule has 0 aliphatic heterocycles. The molecule has 0 spiro atoms. The van der Waals surface area contributed by atoms with Gasteiger partial charge in [-0.25, -0.2) is 9.37 Å².